The molecule has 2 unspecified atom stereocenters. The Morgan fingerprint density at radius 3 is 0.608 bits per heavy atom. The minimum Gasteiger partial charge on any atom is -0.462 e. The first-order valence-corrected chi connectivity index (χ1v) is 43.8. The van der Waals surface area contributed by atoms with Crippen LogP contribution in [0.15, 0.2) is 0 Å². The normalized spacial score (nSPS) is 13.8. The van der Waals surface area contributed by atoms with Crippen molar-refractivity contribution < 1.29 is 80.2 Å². The summed E-state index contributed by atoms with van der Waals surface area (Å²) < 4.78 is 68.5. The minimum absolute atomic E-state index is 0.106. The van der Waals surface area contributed by atoms with Crippen molar-refractivity contribution in [2.75, 3.05) is 39.6 Å². The van der Waals surface area contributed by atoms with Gasteiger partial charge in [-0.05, 0) is 25.7 Å². The largest absolute Gasteiger partial charge is 0.472 e. The Hall–Kier alpha value is -1.94. The van der Waals surface area contributed by atoms with Gasteiger partial charge >= 0.3 is 39.5 Å². The Morgan fingerprint density at radius 1 is 0.247 bits per heavy atom. The van der Waals surface area contributed by atoms with Crippen LogP contribution in [0, 0.1) is 0 Å². The van der Waals surface area contributed by atoms with Gasteiger partial charge in [-0.25, -0.2) is 9.13 Å². The second kappa shape index (κ2) is 72.4. The summed E-state index contributed by atoms with van der Waals surface area (Å²) in [6.45, 7) is 4.96. The van der Waals surface area contributed by atoms with E-state index in [9.17, 15) is 43.2 Å². The first kappa shape index (κ1) is 95.1. The van der Waals surface area contributed by atoms with Gasteiger partial charge in [0.15, 0.2) is 12.2 Å². The highest BCUT2D eigenvalue weighted by Crippen LogP contribution is 2.45. The van der Waals surface area contributed by atoms with Crippen molar-refractivity contribution in [3.63, 3.8) is 0 Å². The second-order valence-electron chi connectivity index (χ2n) is 28.1. The number of esters is 4. The average Bonchev–Trinajstić information content (AvgIpc) is 1.55. The molecule has 0 radical (unpaired) electrons. The fourth-order valence-electron chi connectivity index (χ4n) is 12.1. The fraction of sp³-hybridized carbons (Fsp3) is 0.949. The molecular weight excluding hydrogens is 1270 g/mol. The lowest BCUT2D eigenvalue weighted by atomic mass is 10.0. The predicted molar refractivity (Wildman–Crippen MR) is 395 cm³/mol. The van der Waals surface area contributed by atoms with E-state index < -0.39 is 97.5 Å². The average molecular weight is 1420 g/mol. The van der Waals surface area contributed by atoms with E-state index in [0.29, 0.717) is 25.7 Å². The van der Waals surface area contributed by atoms with Crippen LogP contribution in [-0.4, -0.2) is 96.7 Å². The Labute approximate surface area is 594 Å². The van der Waals surface area contributed by atoms with Gasteiger partial charge in [-0.3, -0.25) is 37.3 Å². The number of phosphoric acid groups is 2. The molecule has 3 N–H and O–H groups in total. The highest BCUT2D eigenvalue weighted by Gasteiger charge is 2.30. The van der Waals surface area contributed by atoms with Crippen molar-refractivity contribution in [1.82, 2.24) is 0 Å². The van der Waals surface area contributed by atoms with Crippen molar-refractivity contribution in [2.45, 2.75) is 438 Å². The number of phosphoric ester groups is 2. The molecular formula is C78H152O17P2. The second-order valence-corrected chi connectivity index (χ2v) is 31.0. The molecule has 5 atom stereocenters. The monoisotopic (exact) mass is 1420 g/mol. The van der Waals surface area contributed by atoms with Crippen LogP contribution in [0.1, 0.15) is 419 Å². The molecule has 0 aliphatic carbocycles. The third-order valence-electron chi connectivity index (χ3n) is 18.4. The summed E-state index contributed by atoms with van der Waals surface area (Å²) in [5, 5.41) is 10.6. The quantitative estimate of drug-likeness (QED) is 0.0222. The topological polar surface area (TPSA) is 237 Å². The standard InChI is InChI=1S/C78H152O17P2/c1-5-9-13-17-21-25-27-29-31-33-35-36-37-39-41-43-45-49-53-57-61-65-78(83)95-74(69-89-76(81)63-59-55-51-48-44-42-40-38-34-32-30-28-26-22-18-14-10-6-2)71-93-97(86,87)91-67-72(79)66-90-96(84,85)92-70-73(94-77(82)64-60-56-52-47-24-20-16-12-8-4)68-88-75(80)62-58-54-50-46-23-19-15-11-7-3/h72-74,79H,5-71H2,1-4H3,(H,84,85)(H,86,87)/t72-,73+,74+/m0/s1. The summed E-state index contributed by atoms with van der Waals surface area (Å²) in [5.74, 6) is -2.11. The Balaban J connectivity index is 5.16. The molecule has 0 aromatic carbocycles. The molecule has 0 rings (SSSR count). The molecule has 0 amide bonds. The first-order valence-electron chi connectivity index (χ1n) is 40.8. The molecule has 0 aromatic heterocycles. The number of aliphatic hydroxyl groups is 1. The van der Waals surface area contributed by atoms with Crippen molar-refractivity contribution in [3.05, 3.63) is 0 Å². The smallest absolute Gasteiger partial charge is 0.462 e. The van der Waals surface area contributed by atoms with Crippen molar-refractivity contribution >= 4 is 39.5 Å². The van der Waals surface area contributed by atoms with Crippen LogP contribution < -0.4 is 0 Å². The van der Waals surface area contributed by atoms with Gasteiger partial charge in [-0.15, -0.1) is 0 Å². The molecule has 0 aliphatic heterocycles. The molecule has 0 aromatic rings. The zero-order valence-electron chi connectivity index (χ0n) is 63.1. The predicted octanol–water partition coefficient (Wildman–Crippen LogP) is 23.4. The van der Waals surface area contributed by atoms with Crippen molar-refractivity contribution in [3.8, 4) is 0 Å². The summed E-state index contributed by atoms with van der Waals surface area (Å²) >= 11 is 0. The summed E-state index contributed by atoms with van der Waals surface area (Å²) in [5.41, 5.74) is 0. The van der Waals surface area contributed by atoms with E-state index in [4.69, 9.17) is 37.0 Å². The maximum atomic E-state index is 13.1. The summed E-state index contributed by atoms with van der Waals surface area (Å²) in [7, 11) is -9.90. The molecule has 0 aliphatic rings. The Bertz CT molecular complexity index is 1840. The van der Waals surface area contributed by atoms with E-state index in [1.807, 2.05) is 0 Å². The maximum absolute atomic E-state index is 13.1. The van der Waals surface area contributed by atoms with Gasteiger partial charge < -0.3 is 33.8 Å². The highest BCUT2D eigenvalue weighted by molar-refractivity contribution is 7.47. The molecule has 0 saturated heterocycles. The summed E-state index contributed by atoms with van der Waals surface area (Å²) in [6, 6.07) is 0. The van der Waals surface area contributed by atoms with Gasteiger partial charge in [0.25, 0.3) is 0 Å². The molecule has 0 heterocycles. The molecule has 0 fully saturated rings. The molecule has 0 spiro atoms. The van der Waals surface area contributed by atoms with E-state index in [-0.39, 0.29) is 25.7 Å². The molecule has 0 saturated carbocycles. The number of aliphatic hydroxyl groups excluding tert-OH is 1. The van der Waals surface area contributed by atoms with Gasteiger partial charge in [0.1, 0.15) is 19.3 Å². The van der Waals surface area contributed by atoms with Gasteiger partial charge in [-0.2, -0.15) is 0 Å². The lowest BCUT2D eigenvalue weighted by Gasteiger charge is -2.21. The highest BCUT2D eigenvalue weighted by atomic mass is 31.2. The Morgan fingerprint density at radius 2 is 0.412 bits per heavy atom. The number of hydrogen-bond acceptors (Lipinski definition) is 15. The molecule has 576 valence electrons. The number of carbonyl (C=O) groups excluding carboxylic acids is 4. The Kier molecular flexibility index (Phi) is 71.0. The number of ether oxygens (including phenoxy) is 4. The molecule has 19 heteroatoms. The SMILES string of the molecule is CCCCCCCCCCCCCCCCCCCCCCCC(=O)O[C@H](COC(=O)CCCCCCCCCCCCCCCCCCCC)COP(=O)(O)OC[C@@H](O)COP(=O)(O)OC[C@@H](COC(=O)CCCCCCCCCCC)OC(=O)CCCCCCCCCCC. The van der Waals surface area contributed by atoms with E-state index >= 15 is 0 Å². The molecule has 0 bridgehead atoms. The van der Waals surface area contributed by atoms with E-state index in [2.05, 4.69) is 27.7 Å². The molecule has 97 heavy (non-hydrogen) atoms. The van der Waals surface area contributed by atoms with Gasteiger partial charge in [0.2, 0.25) is 0 Å². The van der Waals surface area contributed by atoms with E-state index in [1.165, 1.54) is 250 Å². The minimum atomic E-state index is -4.96. The van der Waals surface area contributed by atoms with Gasteiger partial charge in [0.05, 0.1) is 26.4 Å². The first-order chi connectivity index (χ1) is 47.2. The van der Waals surface area contributed by atoms with Crippen LogP contribution in [0.3, 0.4) is 0 Å². The summed E-state index contributed by atoms with van der Waals surface area (Å²) in [4.78, 5) is 72.7. The maximum Gasteiger partial charge on any atom is 0.472 e. The third kappa shape index (κ3) is 72.2. The van der Waals surface area contributed by atoms with Gasteiger partial charge in [0, 0.05) is 25.7 Å². The van der Waals surface area contributed by atoms with Gasteiger partial charge in [-0.1, -0.05) is 368 Å². The van der Waals surface area contributed by atoms with Crippen LogP contribution in [0.2, 0.25) is 0 Å². The van der Waals surface area contributed by atoms with E-state index in [1.54, 1.807) is 0 Å². The van der Waals surface area contributed by atoms with Crippen LogP contribution in [0.4, 0.5) is 0 Å². The van der Waals surface area contributed by atoms with E-state index in [0.717, 1.165) is 89.9 Å². The zero-order valence-corrected chi connectivity index (χ0v) is 64.8. The van der Waals surface area contributed by atoms with Crippen LogP contribution in [0.25, 0.3) is 0 Å². The number of rotatable bonds is 79. The lowest BCUT2D eigenvalue weighted by Crippen LogP contribution is -2.30. The molecule has 17 nitrogen and oxygen atoms in total. The zero-order chi connectivity index (χ0) is 71.1. The fourth-order valence-corrected chi connectivity index (χ4v) is 13.7. The van der Waals surface area contributed by atoms with Crippen LogP contribution >= 0.6 is 15.6 Å². The lowest BCUT2D eigenvalue weighted by molar-refractivity contribution is -0.161. The number of carbonyl (C=O) groups is 4. The number of unbranched alkanes of at least 4 members (excludes halogenated alkanes) is 53. The number of hydrogen-bond donors (Lipinski definition) is 3. The van der Waals surface area contributed by atoms with Crippen LogP contribution in [-0.2, 0) is 65.4 Å². The third-order valence-corrected chi connectivity index (χ3v) is 20.3. The van der Waals surface area contributed by atoms with Crippen LogP contribution in [0.5, 0.6) is 0 Å². The summed E-state index contributed by atoms with van der Waals surface area (Å²) in [6.07, 6.45) is 64.0. The van der Waals surface area contributed by atoms with Crippen molar-refractivity contribution in [1.29, 1.82) is 0 Å². The van der Waals surface area contributed by atoms with Crippen molar-refractivity contribution in [2.24, 2.45) is 0 Å².